The number of likely N-dealkylation sites (tertiary alicyclic amines) is 1. The lowest BCUT2D eigenvalue weighted by Gasteiger charge is -2.43. The molecule has 12 nitrogen and oxygen atoms in total. The molecule has 3 N–H and O–H groups in total. The zero-order chi connectivity index (χ0) is 31.3. The molecule has 3 aromatic rings. The molecular weight excluding hydrogens is 581 g/mol. The van der Waals surface area contributed by atoms with Gasteiger partial charge in [0.15, 0.2) is 18.1 Å². The first-order valence-electron chi connectivity index (χ1n) is 15.1. The fourth-order valence-corrected chi connectivity index (χ4v) is 5.78. The largest absolute Gasteiger partial charge is 0.486 e. The number of hydrogen-bond acceptors (Lipinski definition) is 11. The van der Waals surface area contributed by atoms with Crippen LogP contribution in [-0.2, 0) is 9.53 Å². The molecule has 1 aromatic heterocycles. The normalized spacial score (nSPS) is 21.5. The summed E-state index contributed by atoms with van der Waals surface area (Å²) in [5, 5.41) is 31.7. The number of halogens is 1. The molecule has 0 aliphatic carbocycles. The van der Waals surface area contributed by atoms with Crippen molar-refractivity contribution in [2.75, 3.05) is 69.3 Å². The van der Waals surface area contributed by atoms with E-state index in [1.165, 1.54) is 10.6 Å². The third kappa shape index (κ3) is 6.99. The Morgan fingerprint density at radius 1 is 1.13 bits per heavy atom. The predicted molar refractivity (Wildman–Crippen MR) is 164 cm³/mol. The van der Waals surface area contributed by atoms with Crippen LogP contribution in [0.2, 0.25) is 0 Å². The number of piperazine rings is 1. The van der Waals surface area contributed by atoms with Gasteiger partial charge in [-0.15, -0.1) is 0 Å². The van der Waals surface area contributed by atoms with Crippen LogP contribution >= 0.6 is 0 Å². The van der Waals surface area contributed by atoms with Gasteiger partial charge < -0.3 is 34.8 Å². The molecule has 1 amide bonds. The lowest BCUT2D eigenvalue weighted by atomic mass is 10.0. The van der Waals surface area contributed by atoms with Crippen LogP contribution in [0.1, 0.15) is 12.0 Å². The predicted octanol–water partition coefficient (Wildman–Crippen LogP) is 1.95. The second-order valence-electron chi connectivity index (χ2n) is 11.4. The Balaban J connectivity index is 1.07. The Morgan fingerprint density at radius 3 is 2.58 bits per heavy atom. The Morgan fingerprint density at radius 2 is 1.91 bits per heavy atom. The number of benzene rings is 2. The number of nitrogens with zero attached hydrogens (tertiary/aromatic N) is 6. The van der Waals surface area contributed by atoms with Gasteiger partial charge in [0.2, 0.25) is 0 Å². The molecule has 3 saturated heterocycles. The Hall–Kier alpha value is -4.35. The summed E-state index contributed by atoms with van der Waals surface area (Å²) < 4.78 is 26.1. The molecule has 0 spiro atoms. The van der Waals surface area contributed by atoms with Gasteiger partial charge in [-0.2, -0.15) is 5.26 Å². The standard InChI is InChI=1S/C32H36FN7O5/c33-26-17-40(32(43)27(42)18-41)10-8-29(26)45-28-6-1-21(15-22(28)16-34)31-35-9-7-30(37-31)36-23-2-4-24(5-3-23)38-11-13-39(14-12-38)25-19-44-20-25/h1-7,9,15,25-27,29,41-42H,8,10-14,17-20H2,(H,35,36,37)/t26-,27+,29+/m1/s1. The van der Waals surface area contributed by atoms with Crippen LogP contribution in [0.5, 0.6) is 5.75 Å². The van der Waals surface area contributed by atoms with Crippen LogP contribution in [0.15, 0.2) is 54.7 Å². The fraction of sp³-hybridized carbons (Fsp3) is 0.438. The number of alkyl halides is 1. The highest BCUT2D eigenvalue weighted by Crippen LogP contribution is 2.29. The number of ether oxygens (including phenoxy) is 2. The number of rotatable bonds is 9. The summed E-state index contributed by atoms with van der Waals surface area (Å²) in [5.74, 6) is 0.499. The zero-order valence-electron chi connectivity index (χ0n) is 24.8. The zero-order valence-corrected chi connectivity index (χ0v) is 24.8. The molecule has 3 fully saturated rings. The quantitative estimate of drug-likeness (QED) is 0.324. The van der Waals surface area contributed by atoms with Gasteiger partial charge in [0, 0.05) is 62.3 Å². The summed E-state index contributed by atoms with van der Waals surface area (Å²) in [4.78, 5) is 27.2. The van der Waals surface area contributed by atoms with E-state index >= 15 is 0 Å². The highest BCUT2D eigenvalue weighted by atomic mass is 19.1. The average molecular weight is 618 g/mol. The third-order valence-electron chi connectivity index (χ3n) is 8.50. The second kappa shape index (κ2) is 13.7. The van der Waals surface area contributed by atoms with E-state index in [0.29, 0.717) is 23.2 Å². The summed E-state index contributed by atoms with van der Waals surface area (Å²) in [6.07, 6.45) is -2.17. The van der Waals surface area contributed by atoms with Crippen molar-refractivity contribution in [1.29, 1.82) is 5.26 Å². The SMILES string of the molecule is N#Cc1cc(-c2nccc(Nc3ccc(N4CCN(C5COC5)CC4)cc3)n2)ccc1O[C@H]1CCN(C(=O)[C@@H](O)CO)C[C@H]1F. The number of nitrogens with one attached hydrogen (secondary N) is 1. The minimum absolute atomic E-state index is 0.158. The highest BCUT2D eigenvalue weighted by molar-refractivity contribution is 5.81. The smallest absolute Gasteiger partial charge is 0.253 e. The fourth-order valence-electron chi connectivity index (χ4n) is 5.78. The number of carbonyl (C=O) groups is 1. The number of aliphatic hydroxyl groups excluding tert-OH is 2. The number of piperidine rings is 1. The van der Waals surface area contributed by atoms with Crippen molar-refractivity contribution in [3.05, 3.63) is 60.3 Å². The third-order valence-corrected chi connectivity index (χ3v) is 8.50. The van der Waals surface area contributed by atoms with Crippen molar-refractivity contribution in [2.24, 2.45) is 0 Å². The maximum Gasteiger partial charge on any atom is 0.253 e. The van der Waals surface area contributed by atoms with E-state index < -0.39 is 30.9 Å². The van der Waals surface area contributed by atoms with Crippen LogP contribution in [0, 0.1) is 11.3 Å². The van der Waals surface area contributed by atoms with Crippen LogP contribution in [0.4, 0.5) is 21.6 Å². The highest BCUT2D eigenvalue weighted by Gasteiger charge is 2.35. The van der Waals surface area contributed by atoms with Crippen molar-refractivity contribution in [2.45, 2.75) is 30.8 Å². The first-order chi connectivity index (χ1) is 21.9. The molecule has 6 rings (SSSR count). The van der Waals surface area contributed by atoms with E-state index in [4.69, 9.17) is 14.6 Å². The lowest BCUT2D eigenvalue weighted by Crippen LogP contribution is -2.56. The minimum atomic E-state index is -1.58. The Bertz CT molecular complexity index is 1530. The monoisotopic (exact) mass is 617 g/mol. The Labute approximate surface area is 260 Å². The second-order valence-corrected chi connectivity index (χ2v) is 11.4. The first kappa shape index (κ1) is 30.7. The van der Waals surface area contributed by atoms with Crippen molar-refractivity contribution in [3.8, 4) is 23.2 Å². The van der Waals surface area contributed by atoms with Crippen LogP contribution in [0.3, 0.4) is 0 Å². The van der Waals surface area contributed by atoms with Crippen molar-refractivity contribution >= 4 is 23.1 Å². The summed E-state index contributed by atoms with van der Waals surface area (Å²) in [5.41, 5.74) is 2.86. The molecule has 3 atom stereocenters. The molecule has 45 heavy (non-hydrogen) atoms. The number of amides is 1. The minimum Gasteiger partial charge on any atom is -0.486 e. The molecular formula is C32H36FN7O5. The molecule has 0 unspecified atom stereocenters. The van der Waals surface area contributed by atoms with E-state index in [0.717, 1.165) is 45.1 Å². The number of hydrogen-bond donors (Lipinski definition) is 3. The molecule has 0 radical (unpaired) electrons. The Kier molecular flexibility index (Phi) is 9.37. The van der Waals surface area contributed by atoms with Crippen LogP contribution < -0.4 is 15.0 Å². The van der Waals surface area contributed by atoms with E-state index in [1.807, 2.05) is 12.1 Å². The number of aromatic nitrogens is 2. The van der Waals surface area contributed by atoms with Gasteiger partial charge in [-0.25, -0.2) is 14.4 Å². The number of nitriles is 1. The van der Waals surface area contributed by atoms with Gasteiger partial charge in [0.05, 0.1) is 38.0 Å². The number of carbonyl (C=O) groups excluding carboxylic acids is 1. The van der Waals surface area contributed by atoms with Gasteiger partial charge in [-0.1, -0.05) is 0 Å². The lowest BCUT2D eigenvalue weighted by molar-refractivity contribution is -0.146. The molecule has 3 aliphatic heterocycles. The molecule has 13 heteroatoms. The molecule has 2 aromatic carbocycles. The van der Waals surface area contributed by atoms with Gasteiger partial charge in [0.1, 0.15) is 23.7 Å². The van der Waals surface area contributed by atoms with E-state index in [1.54, 1.807) is 30.5 Å². The van der Waals surface area contributed by atoms with Gasteiger partial charge in [0.25, 0.3) is 5.91 Å². The molecule has 0 saturated carbocycles. The van der Waals surface area contributed by atoms with Crippen molar-refractivity contribution in [3.63, 3.8) is 0 Å². The van der Waals surface area contributed by atoms with Crippen LogP contribution in [-0.4, -0.2) is 119 Å². The van der Waals surface area contributed by atoms with Gasteiger partial charge in [-0.05, 0) is 48.5 Å². The number of aliphatic hydroxyl groups is 2. The average Bonchev–Trinajstić information content (AvgIpc) is 3.05. The summed E-state index contributed by atoms with van der Waals surface area (Å²) in [7, 11) is 0. The summed E-state index contributed by atoms with van der Waals surface area (Å²) >= 11 is 0. The van der Waals surface area contributed by atoms with E-state index in [2.05, 4.69) is 43.3 Å². The maximum absolute atomic E-state index is 14.9. The summed E-state index contributed by atoms with van der Waals surface area (Å²) in [6.45, 7) is 4.89. The van der Waals surface area contributed by atoms with E-state index in [9.17, 15) is 19.6 Å². The van der Waals surface area contributed by atoms with Crippen LogP contribution in [0.25, 0.3) is 11.4 Å². The molecule has 0 bridgehead atoms. The van der Waals surface area contributed by atoms with Crippen molar-refractivity contribution in [1.82, 2.24) is 19.8 Å². The van der Waals surface area contributed by atoms with E-state index in [-0.39, 0.29) is 30.8 Å². The van der Waals surface area contributed by atoms with Gasteiger partial charge >= 0.3 is 0 Å². The molecule has 236 valence electrons. The van der Waals surface area contributed by atoms with Crippen molar-refractivity contribution < 1.29 is 28.9 Å². The van der Waals surface area contributed by atoms with Gasteiger partial charge in [-0.3, -0.25) is 9.69 Å². The topological polar surface area (TPSA) is 147 Å². The molecule has 4 heterocycles. The molecule has 3 aliphatic rings. The number of anilines is 3. The summed E-state index contributed by atoms with van der Waals surface area (Å²) in [6, 6.07) is 17.6. The maximum atomic E-state index is 14.9. The first-order valence-corrected chi connectivity index (χ1v) is 15.1.